The molecule has 0 heterocycles. The van der Waals surface area contributed by atoms with Gasteiger partial charge < -0.3 is 4.90 Å². The predicted octanol–water partition coefficient (Wildman–Crippen LogP) is 7.71. The largest absolute Gasteiger partial charge is 0.341 e. The molecule has 30 heavy (non-hydrogen) atoms. The lowest BCUT2D eigenvalue weighted by atomic mass is 10.1. The van der Waals surface area contributed by atoms with Gasteiger partial charge in [0.15, 0.2) is 0 Å². The second-order valence-corrected chi connectivity index (χ2v) is 12.8. The van der Waals surface area contributed by atoms with Gasteiger partial charge in [-0.1, -0.05) is 72.1 Å². The Morgan fingerprint density at radius 1 is 0.567 bits per heavy atom. The van der Waals surface area contributed by atoms with Crippen molar-refractivity contribution in [2.24, 2.45) is 0 Å². The number of hydrogen-bond donors (Lipinski definition) is 0. The van der Waals surface area contributed by atoms with E-state index in [1.807, 2.05) is 47.0 Å². The summed E-state index contributed by atoms with van der Waals surface area (Å²) in [5.41, 5.74) is 0. The predicted molar refractivity (Wildman–Crippen MR) is 149 cm³/mol. The molecule has 0 aromatic heterocycles. The number of carbonyl (C=O) groups is 1. The molecule has 1 amide bonds. The van der Waals surface area contributed by atoms with E-state index in [1.54, 1.807) is 0 Å². The van der Waals surface area contributed by atoms with Crippen molar-refractivity contribution in [2.75, 3.05) is 59.1 Å². The quantitative estimate of drug-likeness (QED) is 0.127. The maximum absolute atomic E-state index is 12.8. The van der Waals surface area contributed by atoms with Gasteiger partial charge in [-0.25, -0.2) is 0 Å². The lowest BCUT2D eigenvalue weighted by Crippen LogP contribution is -2.35. The van der Waals surface area contributed by atoms with Gasteiger partial charge in [0.25, 0.3) is 0 Å². The van der Waals surface area contributed by atoms with Gasteiger partial charge in [-0.2, -0.15) is 47.0 Å². The third-order valence-corrected chi connectivity index (χ3v) is 9.26. The molecule has 0 rings (SSSR count). The Hall–Kier alpha value is 0.870. The van der Waals surface area contributed by atoms with Gasteiger partial charge in [0.05, 0.1) is 0 Å². The van der Waals surface area contributed by atoms with E-state index in [0.717, 1.165) is 37.4 Å². The Balaban J connectivity index is 3.97. The summed E-state index contributed by atoms with van der Waals surface area (Å²) in [7, 11) is 0. The number of nitrogens with zero attached hydrogens (tertiary/aromatic N) is 1. The second-order valence-electron chi connectivity index (χ2n) is 7.58. The SMILES string of the molecule is CCCCCCCCCCCC(=O)N(CCSCCSCC)CCSCCSCC. The van der Waals surface area contributed by atoms with Gasteiger partial charge in [-0.3, -0.25) is 4.79 Å². The first kappa shape index (κ1) is 30.9. The summed E-state index contributed by atoms with van der Waals surface area (Å²) >= 11 is 8.04. The second kappa shape index (κ2) is 26.1. The van der Waals surface area contributed by atoms with Crippen LogP contribution in [0.1, 0.15) is 85.0 Å². The molecule has 0 N–H and O–H groups in total. The molecule has 0 bridgehead atoms. The molecule has 0 spiro atoms. The van der Waals surface area contributed by atoms with Gasteiger partial charge in [0.2, 0.25) is 5.91 Å². The average Bonchev–Trinajstić information content (AvgIpc) is 2.75. The van der Waals surface area contributed by atoms with Crippen LogP contribution in [0.15, 0.2) is 0 Å². The van der Waals surface area contributed by atoms with Crippen molar-refractivity contribution < 1.29 is 4.79 Å². The molecule has 0 fully saturated rings. The topological polar surface area (TPSA) is 20.3 Å². The lowest BCUT2D eigenvalue weighted by Gasteiger charge is -2.22. The lowest BCUT2D eigenvalue weighted by molar-refractivity contribution is -0.130. The highest BCUT2D eigenvalue weighted by atomic mass is 32.2. The molecule has 0 aliphatic carbocycles. The van der Waals surface area contributed by atoms with Crippen LogP contribution in [-0.4, -0.2) is 69.9 Å². The zero-order valence-corrected chi connectivity index (χ0v) is 23.4. The summed E-state index contributed by atoms with van der Waals surface area (Å²) < 4.78 is 0. The Kier molecular flexibility index (Phi) is 26.9. The summed E-state index contributed by atoms with van der Waals surface area (Å²) in [6, 6.07) is 0. The molecular weight excluding hydrogens is 447 g/mol. The maximum Gasteiger partial charge on any atom is 0.222 e. The Labute approximate surface area is 206 Å². The molecule has 0 aromatic carbocycles. The highest BCUT2D eigenvalue weighted by Crippen LogP contribution is 2.13. The van der Waals surface area contributed by atoms with Crippen LogP contribution in [0.4, 0.5) is 0 Å². The molecule has 0 radical (unpaired) electrons. The standard InChI is InChI=1S/C24H49NOS4/c1-4-7-8-9-10-11-12-13-14-15-24(26)25(16-18-29-22-20-27-5-2)17-19-30-23-21-28-6-3/h4-23H2,1-3H3. The van der Waals surface area contributed by atoms with E-state index >= 15 is 0 Å². The highest BCUT2D eigenvalue weighted by Gasteiger charge is 2.12. The van der Waals surface area contributed by atoms with Crippen LogP contribution in [0, 0.1) is 0 Å². The summed E-state index contributed by atoms with van der Waals surface area (Å²) in [6.07, 6.45) is 12.6. The number of unbranched alkanes of at least 4 members (excludes halogenated alkanes) is 8. The Bertz CT molecular complexity index is 342. The van der Waals surface area contributed by atoms with Crippen molar-refractivity contribution in [2.45, 2.75) is 85.0 Å². The van der Waals surface area contributed by atoms with Crippen molar-refractivity contribution in [3.63, 3.8) is 0 Å². The van der Waals surface area contributed by atoms with Gasteiger partial charge in [0, 0.05) is 54.0 Å². The Morgan fingerprint density at radius 3 is 1.47 bits per heavy atom. The van der Waals surface area contributed by atoms with Crippen LogP contribution in [-0.2, 0) is 4.79 Å². The summed E-state index contributed by atoms with van der Waals surface area (Å²) in [5, 5.41) is 0. The number of rotatable bonds is 24. The van der Waals surface area contributed by atoms with E-state index in [-0.39, 0.29) is 0 Å². The Morgan fingerprint density at radius 2 is 1.00 bits per heavy atom. The molecule has 6 heteroatoms. The van der Waals surface area contributed by atoms with Crippen molar-refractivity contribution in [3.05, 3.63) is 0 Å². The molecule has 0 saturated carbocycles. The number of carbonyl (C=O) groups excluding carboxylic acids is 1. The van der Waals surface area contributed by atoms with Gasteiger partial charge in [-0.15, -0.1) is 0 Å². The summed E-state index contributed by atoms with van der Waals surface area (Å²) in [4.78, 5) is 14.9. The van der Waals surface area contributed by atoms with Gasteiger partial charge in [-0.05, 0) is 17.9 Å². The molecule has 0 unspecified atom stereocenters. The van der Waals surface area contributed by atoms with Crippen LogP contribution in [0.5, 0.6) is 0 Å². The van der Waals surface area contributed by atoms with E-state index < -0.39 is 0 Å². The number of amides is 1. The maximum atomic E-state index is 12.8. The summed E-state index contributed by atoms with van der Waals surface area (Å²) in [5.74, 6) is 9.87. The van der Waals surface area contributed by atoms with E-state index in [2.05, 4.69) is 25.7 Å². The van der Waals surface area contributed by atoms with Gasteiger partial charge >= 0.3 is 0 Å². The highest BCUT2D eigenvalue weighted by molar-refractivity contribution is 8.03. The molecule has 2 nitrogen and oxygen atoms in total. The normalized spacial score (nSPS) is 11.2. The monoisotopic (exact) mass is 495 g/mol. The van der Waals surface area contributed by atoms with Crippen LogP contribution >= 0.6 is 47.0 Å². The number of thioether (sulfide) groups is 4. The fourth-order valence-electron chi connectivity index (χ4n) is 3.18. The minimum absolute atomic E-state index is 0.394. The van der Waals surface area contributed by atoms with E-state index in [9.17, 15) is 4.79 Å². The fraction of sp³-hybridized carbons (Fsp3) is 0.958. The zero-order valence-electron chi connectivity index (χ0n) is 20.1. The van der Waals surface area contributed by atoms with Crippen molar-refractivity contribution in [1.82, 2.24) is 4.90 Å². The van der Waals surface area contributed by atoms with Crippen LogP contribution in [0.3, 0.4) is 0 Å². The molecule has 0 aliphatic rings. The molecule has 0 aliphatic heterocycles. The van der Waals surface area contributed by atoms with Crippen LogP contribution < -0.4 is 0 Å². The van der Waals surface area contributed by atoms with Crippen LogP contribution in [0.25, 0.3) is 0 Å². The van der Waals surface area contributed by atoms with E-state index in [1.165, 1.54) is 85.9 Å². The molecule has 180 valence electrons. The van der Waals surface area contributed by atoms with Crippen molar-refractivity contribution >= 4 is 53.0 Å². The minimum atomic E-state index is 0.394. The molecular formula is C24H49NOS4. The first-order valence-electron chi connectivity index (χ1n) is 12.3. The van der Waals surface area contributed by atoms with Gasteiger partial charge in [0.1, 0.15) is 0 Å². The van der Waals surface area contributed by atoms with Crippen LogP contribution in [0.2, 0.25) is 0 Å². The zero-order chi connectivity index (χ0) is 22.1. The molecule has 0 saturated heterocycles. The first-order valence-corrected chi connectivity index (χ1v) is 17.0. The summed E-state index contributed by atoms with van der Waals surface area (Å²) in [6.45, 7) is 8.58. The van der Waals surface area contributed by atoms with E-state index in [0.29, 0.717) is 5.91 Å². The third kappa shape index (κ3) is 22.1. The first-order chi connectivity index (χ1) is 14.8. The molecule has 0 aromatic rings. The number of hydrogen-bond acceptors (Lipinski definition) is 5. The smallest absolute Gasteiger partial charge is 0.222 e. The fourth-order valence-corrected chi connectivity index (χ4v) is 6.75. The average molecular weight is 496 g/mol. The van der Waals surface area contributed by atoms with Crippen molar-refractivity contribution in [3.8, 4) is 0 Å². The van der Waals surface area contributed by atoms with Crippen molar-refractivity contribution in [1.29, 1.82) is 0 Å². The minimum Gasteiger partial charge on any atom is -0.341 e. The van der Waals surface area contributed by atoms with E-state index in [4.69, 9.17) is 0 Å². The molecule has 0 atom stereocenters. The third-order valence-electron chi connectivity index (χ3n) is 5.01.